The highest BCUT2D eigenvalue weighted by molar-refractivity contribution is 6.31. The average molecular weight is 295 g/mol. The molecule has 0 aromatic heterocycles. The van der Waals surface area contributed by atoms with Gasteiger partial charge in [0.2, 0.25) is 5.91 Å². The van der Waals surface area contributed by atoms with Gasteiger partial charge < -0.3 is 10.6 Å². The number of hydrogen-bond donors (Lipinski definition) is 1. The second-order valence-electron chi connectivity index (χ2n) is 5.44. The second kappa shape index (κ2) is 7.65. The first-order valence-electron chi connectivity index (χ1n) is 7.45. The molecule has 4 heteroatoms. The fraction of sp³-hybridized carbons (Fsp3) is 0.562. The summed E-state index contributed by atoms with van der Waals surface area (Å²) < 4.78 is 0. The average Bonchev–Trinajstić information content (AvgIpc) is 2.97. The largest absolute Gasteiger partial charge is 0.335 e. The number of rotatable bonds is 6. The van der Waals surface area contributed by atoms with Gasteiger partial charge in [0.15, 0.2) is 0 Å². The van der Waals surface area contributed by atoms with Gasteiger partial charge in [-0.2, -0.15) is 0 Å². The molecule has 2 rings (SSSR count). The molecule has 0 radical (unpaired) electrons. The highest BCUT2D eigenvalue weighted by Gasteiger charge is 2.26. The molecule has 0 heterocycles. The molecule has 0 spiro atoms. The maximum absolute atomic E-state index is 12.4. The Balaban J connectivity index is 2.09. The van der Waals surface area contributed by atoms with Crippen molar-refractivity contribution in [3.05, 3.63) is 34.9 Å². The molecule has 1 aliphatic carbocycles. The smallest absolute Gasteiger partial charge is 0.223 e. The highest BCUT2D eigenvalue weighted by Crippen LogP contribution is 2.27. The number of halogens is 1. The lowest BCUT2D eigenvalue weighted by molar-refractivity contribution is -0.134. The van der Waals surface area contributed by atoms with Crippen molar-refractivity contribution in [2.75, 3.05) is 6.54 Å². The molecule has 1 fully saturated rings. The summed E-state index contributed by atoms with van der Waals surface area (Å²) in [6.07, 6.45) is 5.95. The standard InChI is InChI=1S/C16H23ClN2O/c17-15-9-4-1-6-13(15)12-19(14-7-2-3-8-14)16(20)10-5-11-18/h1,4,6,9,14H,2-3,5,7-8,10-12,18H2. The molecule has 1 aromatic carbocycles. The Labute approximate surface area is 126 Å². The number of nitrogens with two attached hydrogens (primary N) is 1. The predicted molar refractivity (Wildman–Crippen MR) is 82.5 cm³/mol. The lowest BCUT2D eigenvalue weighted by atomic mass is 10.1. The van der Waals surface area contributed by atoms with E-state index in [9.17, 15) is 4.79 Å². The normalized spacial score (nSPS) is 15.5. The molecule has 1 saturated carbocycles. The van der Waals surface area contributed by atoms with Crippen molar-refractivity contribution in [2.45, 2.75) is 51.1 Å². The van der Waals surface area contributed by atoms with E-state index in [1.54, 1.807) is 0 Å². The van der Waals surface area contributed by atoms with Gasteiger partial charge in [-0.15, -0.1) is 0 Å². The number of amides is 1. The molecule has 0 aliphatic heterocycles. The summed E-state index contributed by atoms with van der Waals surface area (Å²) in [5.41, 5.74) is 6.55. The Kier molecular flexibility index (Phi) is 5.86. The Morgan fingerprint density at radius 3 is 2.65 bits per heavy atom. The van der Waals surface area contributed by atoms with Crippen LogP contribution in [0.5, 0.6) is 0 Å². The summed E-state index contributed by atoms with van der Waals surface area (Å²) in [5, 5.41) is 0.738. The molecular formula is C16H23ClN2O. The van der Waals surface area contributed by atoms with E-state index in [0.29, 0.717) is 25.6 Å². The van der Waals surface area contributed by atoms with Crippen molar-refractivity contribution in [1.29, 1.82) is 0 Å². The Morgan fingerprint density at radius 1 is 1.30 bits per heavy atom. The predicted octanol–water partition coefficient (Wildman–Crippen LogP) is 3.35. The Bertz CT molecular complexity index is 444. The first-order valence-corrected chi connectivity index (χ1v) is 7.83. The minimum absolute atomic E-state index is 0.210. The van der Waals surface area contributed by atoms with Crippen molar-refractivity contribution in [2.24, 2.45) is 5.73 Å². The van der Waals surface area contributed by atoms with E-state index >= 15 is 0 Å². The van der Waals surface area contributed by atoms with E-state index in [-0.39, 0.29) is 5.91 Å². The molecule has 2 N–H and O–H groups in total. The van der Waals surface area contributed by atoms with Crippen molar-refractivity contribution < 1.29 is 4.79 Å². The molecule has 3 nitrogen and oxygen atoms in total. The lowest BCUT2D eigenvalue weighted by Crippen LogP contribution is -2.38. The number of hydrogen-bond acceptors (Lipinski definition) is 2. The number of carbonyl (C=O) groups excluding carboxylic acids is 1. The lowest BCUT2D eigenvalue weighted by Gasteiger charge is -2.29. The van der Waals surface area contributed by atoms with Gasteiger partial charge in [-0.1, -0.05) is 42.6 Å². The summed E-state index contributed by atoms with van der Waals surface area (Å²) in [6, 6.07) is 8.14. The van der Waals surface area contributed by atoms with Crippen molar-refractivity contribution in [1.82, 2.24) is 4.90 Å². The van der Waals surface area contributed by atoms with Crippen LogP contribution in [0.3, 0.4) is 0 Å². The quantitative estimate of drug-likeness (QED) is 0.874. The van der Waals surface area contributed by atoms with Crippen molar-refractivity contribution >= 4 is 17.5 Å². The van der Waals surface area contributed by atoms with Gasteiger partial charge in [0.1, 0.15) is 0 Å². The van der Waals surface area contributed by atoms with E-state index in [1.807, 2.05) is 29.2 Å². The van der Waals surface area contributed by atoms with Gasteiger partial charge >= 0.3 is 0 Å². The number of carbonyl (C=O) groups is 1. The second-order valence-corrected chi connectivity index (χ2v) is 5.85. The topological polar surface area (TPSA) is 46.3 Å². The molecule has 20 heavy (non-hydrogen) atoms. The maximum atomic E-state index is 12.4. The fourth-order valence-electron chi connectivity index (χ4n) is 2.84. The van der Waals surface area contributed by atoms with Crippen LogP contribution in [-0.4, -0.2) is 23.4 Å². The van der Waals surface area contributed by atoms with Crippen LogP contribution in [0.2, 0.25) is 5.02 Å². The molecule has 0 atom stereocenters. The van der Waals surface area contributed by atoms with Gasteiger partial charge in [-0.3, -0.25) is 4.79 Å². The molecule has 110 valence electrons. The van der Waals surface area contributed by atoms with Gasteiger partial charge in [0.25, 0.3) is 0 Å². The van der Waals surface area contributed by atoms with E-state index in [2.05, 4.69) is 0 Å². The van der Waals surface area contributed by atoms with Crippen LogP contribution >= 0.6 is 11.6 Å². The van der Waals surface area contributed by atoms with Crippen molar-refractivity contribution in [3.8, 4) is 0 Å². The van der Waals surface area contributed by atoms with Crippen LogP contribution in [0.4, 0.5) is 0 Å². The summed E-state index contributed by atoms with van der Waals surface area (Å²) in [7, 11) is 0. The van der Waals surface area contributed by atoms with Gasteiger partial charge in [-0.05, 0) is 37.4 Å². The van der Waals surface area contributed by atoms with Gasteiger partial charge in [-0.25, -0.2) is 0 Å². The van der Waals surface area contributed by atoms with Crippen LogP contribution in [-0.2, 0) is 11.3 Å². The first-order chi connectivity index (χ1) is 9.72. The molecule has 0 saturated heterocycles. The van der Waals surface area contributed by atoms with Crippen LogP contribution in [0.1, 0.15) is 44.1 Å². The third-order valence-electron chi connectivity index (χ3n) is 3.98. The molecular weight excluding hydrogens is 272 g/mol. The Hall–Kier alpha value is -1.06. The summed E-state index contributed by atoms with van der Waals surface area (Å²) in [4.78, 5) is 14.4. The fourth-order valence-corrected chi connectivity index (χ4v) is 3.04. The van der Waals surface area contributed by atoms with Gasteiger partial charge in [0, 0.05) is 24.0 Å². The van der Waals surface area contributed by atoms with E-state index in [4.69, 9.17) is 17.3 Å². The van der Waals surface area contributed by atoms with Crippen LogP contribution in [0.15, 0.2) is 24.3 Å². The summed E-state index contributed by atoms with van der Waals surface area (Å²) in [5.74, 6) is 0.210. The third-order valence-corrected chi connectivity index (χ3v) is 4.35. The van der Waals surface area contributed by atoms with E-state index in [0.717, 1.165) is 29.8 Å². The zero-order chi connectivity index (χ0) is 14.4. The van der Waals surface area contributed by atoms with Crippen LogP contribution in [0, 0.1) is 0 Å². The minimum atomic E-state index is 0.210. The number of nitrogens with zero attached hydrogens (tertiary/aromatic N) is 1. The van der Waals surface area contributed by atoms with Crippen molar-refractivity contribution in [3.63, 3.8) is 0 Å². The molecule has 1 aromatic rings. The molecule has 1 aliphatic rings. The van der Waals surface area contributed by atoms with Crippen LogP contribution in [0.25, 0.3) is 0 Å². The minimum Gasteiger partial charge on any atom is -0.335 e. The van der Waals surface area contributed by atoms with Gasteiger partial charge in [0.05, 0.1) is 0 Å². The molecule has 0 bridgehead atoms. The monoisotopic (exact) mass is 294 g/mol. The van der Waals surface area contributed by atoms with E-state index in [1.165, 1.54) is 12.8 Å². The first kappa shape index (κ1) is 15.3. The summed E-state index contributed by atoms with van der Waals surface area (Å²) >= 11 is 6.23. The molecule has 0 unspecified atom stereocenters. The SMILES string of the molecule is NCCCC(=O)N(Cc1ccccc1Cl)C1CCCC1. The zero-order valence-corrected chi connectivity index (χ0v) is 12.6. The molecule has 1 amide bonds. The third kappa shape index (κ3) is 3.97. The number of benzene rings is 1. The zero-order valence-electron chi connectivity index (χ0n) is 11.9. The van der Waals surface area contributed by atoms with E-state index < -0.39 is 0 Å². The Morgan fingerprint density at radius 2 is 2.00 bits per heavy atom. The highest BCUT2D eigenvalue weighted by atomic mass is 35.5. The summed E-state index contributed by atoms with van der Waals surface area (Å²) in [6.45, 7) is 1.18. The maximum Gasteiger partial charge on any atom is 0.223 e. The van der Waals surface area contributed by atoms with Crippen LogP contribution < -0.4 is 5.73 Å².